The molecule has 2 heterocycles. The van der Waals surface area contributed by atoms with Gasteiger partial charge >= 0.3 is 0 Å². The van der Waals surface area contributed by atoms with Gasteiger partial charge in [-0.05, 0) is 31.5 Å². The molecule has 4 heteroatoms. The molecule has 2 unspecified atom stereocenters. The van der Waals surface area contributed by atoms with Crippen LogP contribution in [0.1, 0.15) is 12.8 Å². The van der Waals surface area contributed by atoms with Gasteiger partial charge in [0.2, 0.25) is 0 Å². The van der Waals surface area contributed by atoms with Crippen molar-refractivity contribution in [2.24, 2.45) is 0 Å². The summed E-state index contributed by atoms with van der Waals surface area (Å²) in [6.07, 6.45) is 1.74. The van der Waals surface area contributed by atoms with Crippen molar-refractivity contribution in [3.05, 3.63) is 24.3 Å². The summed E-state index contributed by atoms with van der Waals surface area (Å²) in [6, 6.07) is 7.83. The molecule has 0 spiro atoms. The van der Waals surface area contributed by atoms with Crippen LogP contribution in [0.15, 0.2) is 24.3 Å². The largest absolute Gasteiger partial charge is 0.477 e. The molecular weight excluding hydrogens is 216 g/mol. The molecule has 1 aromatic rings. The van der Waals surface area contributed by atoms with Crippen LogP contribution in [0, 0.1) is 0 Å². The van der Waals surface area contributed by atoms with Gasteiger partial charge < -0.3 is 15.0 Å². The maximum Gasteiger partial charge on any atom is 0.269 e. The lowest BCUT2D eigenvalue weighted by Gasteiger charge is -2.34. The molecule has 0 saturated carbocycles. The average Bonchev–Trinajstić information content (AvgIpc) is 2.87. The summed E-state index contributed by atoms with van der Waals surface area (Å²) in [6.45, 7) is 0.975. The van der Waals surface area contributed by atoms with E-state index in [0.717, 1.165) is 30.8 Å². The maximum atomic E-state index is 12.2. The summed E-state index contributed by atoms with van der Waals surface area (Å²) in [4.78, 5) is 13.9. The van der Waals surface area contributed by atoms with Crippen molar-refractivity contribution in [1.29, 1.82) is 0 Å². The number of para-hydroxylation sites is 2. The minimum Gasteiger partial charge on any atom is -0.477 e. The van der Waals surface area contributed by atoms with E-state index in [-0.39, 0.29) is 18.1 Å². The fraction of sp³-hybridized carbons (Fsp3) is 0.462. The third-order valence-corrected chi connectivity index (χ3v) is 3.52. The van der Waals surface area contributed by atoms with Gasteiger partial charge in [-0.25, -0.2) is 0 Å². The third kappa shape index (κ3) is 1.69. The molecule has 2 aliphatic rings. The number of amides is 1. The summed E-state index contributed by atoms with van der Waals surface area (Å²) < 4.78 is 5.84. The fourth-order valence-electron chi connectivity index (χ4n) is 2.55. The summed E-state index contributed by atoms with van der Waals surface area (Å²) >= 11 is 0. The highest BCUT2D eigenvalue weighted by atomic mass is 16.5. The topological polar surface area (TPSA) is 41.6 Å². The summed E-state index contributed by atoms with van der Waals surface area (Å²) in [7, 11) is 1.81. The second-order valence-electron chi connectivity index (χ2n) is 4.61. The SMILES string of the molecule is CN1C(=O)C(C2CCCN2)Oc2ccccc21. The number of hydrogen-bond donors (Lipinski definition) is 1. The molecule has 1 aromatic carbocycles. The third-order valence-electron chi connectivity index (χ3n) is 3.52. The zero-order valence-corrected chi connectivity index (χ0v) is 9.85. The Balaban J connectivity index is 1.92. The second-order valence-corrected chi connectivity index (χ2v) is 4.61. The average molecular weight is 232 g/mol. The Bertz CT molecular complexity index is 441. The minimum absolute atomic E-state index is 0.0445. The molecule has 0 aromatic heterocycles. The van der Waals surface area contributed by atoms with E-state index in [1.165, 1.54) is 0 Å². The van der Waals surface area contributed by atoms with Crippen LogP contribution in [-0.4, -0.2) is 31.6 Å². The highest BCUT2D eigenvalue weighted by molar-refractivity contribution is 6.00. The van der Waals surface area contributed by atoms with Crippen LogP contribution in [0.2, 0.25) is 0 Å². The van der Waals surface area contributed by atoms with Crippen molar-refractivity contribution in [2.75, 3.05) is 18.5 Å². The first kappa shape index (κ1) is 10.6. The van der Waals surface area contributed by atoms with Gasteiger partial charge in [-0.15, -0.1) is 0 Å². The number of nitrogens with zero attached hydrogens (tertiary/aromatic N) is 1. The van der Waals surface area contributed by atoms with Gasteiger partial charge in [-0.3, -0.25) is 4.79 Å². The van der Waals surface area contributed by atoms with E-state index in [1.54, 1.807) is 4.90 Å². The smallest absolute Gasteiger partial charge is 0.269 e. The van der Waals surface area contributed by atoms with E-state index in [1.807, 2.05) is 31.3 Å². The van der Waals surface area contributed by atoms with Crippen LogP contribution < -0.4 is 15.0 Å². The van der Waals surface area contributed by atoms with Gasteiger partial charge in [0.1, 0.15) is 5.75 Å². The zero-order valence-electron chi connectivity index (χ0n) is 9.85. The monoisotopic (exact) mass is 232 g/mol. The molecule has 2 aliphatic heterocycles. The van der Waals surface area contributed by atoms with Crippen LogP contribution in [-0.2, 0) is 4.79 Å². The normalized spacial score (nSPS) is 27.8. The van der Waals surface area contributed by atoms with E-state index in [2.05, 4.69) is 5.32 Å². The van der Waals surface area contributed by atoms with E-state index in [4.69, 9.17) is 4.74 Å². The number of carbonyl (C=O) groups is 1. The fourth-order valence-corrected chi connectivity index (χ4v) is 2.55. The number of anilines is 1. The van der Waals surface area contributed by atoms with E-state index >= 15 is 0 Å². The molecule has 0 aliphatic carbocycles. The highest BCUT2D eigenvalue weighted by Crippen LogP contribution is 2.34. The molecule has 0 radical (unpaired) electrons. The van der Waals surface area contributed by atoms with Crippen molar-refractivity contribution < 1.29 is 9.53 Å². The van der Waals surface area contributed by atoms with Crippen LogP contribution in [0.5, 0.6) is 5.75 Å². The second kappa shape index (κ2) is 4.04. The lowest BCUT2D eigenvalue weighted by Crippen LogP contribution is -2.52. The van der Waals surface area contributed by atoms with Gasteiger partial charge in [0.15, 0.2) is 6.10 Å². The Hall–Kier alpha value is -1.55. The van der Waals surface area contributed by atoms with Crippen molar-refractivity contribution in [3.8, 4) is 5.75 Å². The molecule has 1 fully saturated rings. The van der Waals surface area contributed by atoms with E-state index in [0.29, 0.717) is 0 Å². The predicted octanol–water partition coefficient (Wildman–Crippen LogP) is 1.16. The van der Waals surface area contributed by atoms with Gasteiger partial charge in [0.25, 0.3) is 5.91 Å². The Morgan fingerprint density at radius 3 is 3.00 bits per heavy atom. The van der Waals surface area contributed by atoms with Gasteiger partial charge in [0.05, 0.1) is 11.7 Å². The highest BCUT2D eigenvalue weighted by Gasteiger charge is 2.38. The quantitative estimate of drug-likeness (QED) is 0.790. The van der Waals surface area contributed by atoms with Crippen LogP contribution >= 0.6 is 0 Å². The van der Waals surface area contributed by atoms with Crippen LogP contribution in [0.3, 0.4) is 0 Å². The Morgan fingerprint density at radius 1 is 1.41 bits per heavy atom. The first-order chi connectivity index (χ1) is 8.27. The molecule has 2 atom stereocenters. The Kier molecular flexibility index (Phi) is 2.52. The van der Waals surface area contributed by atoms with Crippen molar-refractivity contribution in [2.45, 2.75) is 25.0 Å². The molecule has 1 amide bonds. The zero-order chi connectivity index (χ0) is 11.8. The molecule has 3 rings (SSSR count). The first-order valence-electron chi connectivity index (χ1n) is 6.04. The number of hydrogen-bond acceptors (Lipinski definition) is 3. The maximum absolute atomic E-state index is 12.2. The minimum atomic E-state index is -0.377. The number of nitrogens with one attached hydrogen (secondary N) is 1. The van der Waals surface area contributed by atoms with Gasteiger partial charge in [-0.1, -0.05) is 12.1 Å². The molecular formula is C13H16N2O2. The summed E-state index contributed by atoms with van der Waals surface area (Å²) in [5.74, 6) is 0.844. The van der Waals surface area contributed by atoms with E-state index in [9.17, 15) is 4.79 Å². The van der Waals surface area contributed by atoms with Crippen LogP contribution in [0.25, 0.3) is 0 Å². The number of likely N-dealkylation sites (N-methyl/N-ethyl adjacent to an activating group) is 1. The van der Waals surface area contributed by atoms with Crippen molar-refractivity contribution >= 4 is 11.6 Å². The predicted molar refractivity (Wildman–Crippen MR) is 65.3 cm³/mol. The first-order valence-corrected chi connectivity index (χ1v) is 6.04. The van der Waals surface area contributed by atoms with Crippen LogP contribution in [0.4, 0.5) is 5.69 Å². The Labute approximate surface area is 101 Å². The number of rotatable bonds is 1. The number of fused-ring (bicyclic) bond motifs is 1. The standard InChI is InChI=1S/C13H16N2O2/c1-15-10-6-2-3-7-11(10)17-12(13(15)16)9-5-4-8-14-9/h2-3,6-7,9,12,14H,4-5,8H2,1H3. The van der Waals surface area contributed by atoms with Gasteiger partial charge in [-0.2, -0.15) is 0 Å². The molecule has 17 heavy (non-hydrogen) atoms. The molecule has 0 bridgehead atoms. The van der Waals surface area contributed by atoms with Crippen molar-refractivity contribution in [3.63, 3.8) is 0 Å². The molecule has 90 valence electrons. The lowest BCUT2D eigenvalue weighted by atomic mass is 10.1. The molecule has 1 N–H and O–H groups in total. The summed E-state index contributed by atoms with van der Waals surface area (Å²) in [5.41, 5.74) is 0.853. The summed E-state index contributed by atoms with van der Waals surface area (Å²) in [5, 5.41) is 3.34. The van der Waals surface area contributed by atoms with E-state index < -0.39 is 0 Å². The molecule has 4 nitrogen and oxygen atoms in total. The number of carbonyl (C=O) groups excluding carboxylic acids is 1. The number of ether oxygens (including phenoxy) is 1. The Morgan fingerprint density at radius 2 is 2.24 bits per heavy atom. The van der Waals surface area contributed by atoms with Gasteiger partial charge in [0, 0.05) is 7.05 Å². The number of benzene rings is 1. The van der Waals surface area contributed by atoms with Crippen molar-refractivity contribution in [1.82, 2.24) is 5.32 Å². The lowest BCUT2D eigenvalue weighted by molar-refractivity contribution is -0.127. The molecule has 1 saturated heterocycles.